The minimum absolute atomic E-state index is 0.0124. The third-order valence-electron chi connectivity index (χ3n) is 3.15. The Morgan fingerprint density at radius 1 is 1.53 bits per heavy atom. The van der Waals surface area contributed by atoms with Crippen molar-refractivity contribution in [3.05, 3.63) is 16.1 Å². The molecule has 1 aromatic rings. The van der Waals surface area contributed by atoms with E-state index in [0.29, 0.717) is 25.9 Å². The van der Waals surface area contributed by atoms with Crippen LogP contribution in [0.4, 0.5) is 0 Å². The van der Waals surface area contributed by atoms with Crippen LogP contribution < -0.4 is 5.32 Å². The molecule has 104 valence electrons. The fraction of sp³-hybridized carbons (Fsp3) is 0.615. The molecule has 1 aliphatic rings. The van der Waals surface area contributed by atoms with Gasteiger partial charge in [-0.2, -0.15) is 0 Å². The van der Waals surface area contributed by atoms with Crippen LogP contribution in [0.3, 0.4) is 0 Å². The number of aryl methyl sites for hydroxylation is 1. The number of amides is 2. The van der Waals surface area contributed by atoms with Crippen molar-refractivity contribution in [1.82, 2.24) is 15.2 Å². The molecule has 0 bridgehead atoms. The van der Waals surface area contributed by atoms with E-state index >= 15 is 0 Å². The summed E-state index contributed by atoms with van der Waals surface area (Å²) in [5.74, 6) is -0.0258. The average Bonchev–Trinajstić information content (AvgIpc) is 2.73. The lowest BCUT2D eigenvalue weighted by atomic mass is 10.1. The molecule has 19 heavy (non-hydrogen) atoms. The lowest BCUT2D eigenvalue weighted by Crippen LogP contribution is -2.44. The van der Waals surface area contributed by atoms with Gasteiger partial charge in [-0.1, -0.05) is 13.3 Å². The number of carbonyl (C=O) groups excluding carboxylic acids is 2. The molecule has 1 unspecified atom stereocenters. The SMILES string of the molecule is CCCC1NC(=O)CCN(Cc2csc(C)n2)C1=O. The summed E-state index contributed by atoms with van der Waals surface area (Å²) in [7, 11) is 0. The summed E-state index contributed by atoms with van der Waals surface area (Å²) in [6, 6.07) is -0.375. The quantitative estimate of drug-likeness (QED) is 0.909. The maximum Gasteiger partial charge on any atom is 0.245 e. The van der Waals surface area contributed by atoms with Crippen molar-refractivity contribution >= 4 is 23.2 Å². The van der Waals surface area contributed by atoms with Crippen LogP contribution in [0, 0.1) is 6.92 Å². The lowest BCUT2D eigenvalue weighted by molar-refractivity contribution is -0.134. The topological polar surface area (TPSA) is 62.3 Å². The Morgan fingerprint density at radius 2 is 2.32 bits per heavy atom. The zero-order valence-corrected chi connectivity index (χ0v) is 12.1. The minimum Gasteiger partial charge on any atom is -0.344 e. The molecule has 2 heterocycles. The molecule has 0 aliphatic carbocycles. The van der Waals surface area contributed by atoms with Gasteiger partial charge in [0, 0.05) is 18.3 Å². The third kappa shape index (κ3) is 3.53. The van der Waals surface area contributed by atoms with Crippen molar-refractivity contribution in [1.29, 1.82) is 0 Å². The smallest absolute Gasteiger partial charge is 0.245 e. The molecule has 0 radical (unpaired) electrons. The second-order valence-electron chi connectivity index (χ2n) is 4.78. The van der Waals surface area contributed by atoms with E-state index in [9.17, 15) is 9.59 Å². The molecule has 1 saturated heterocycles. The van der Waals surface area contributed by atoms with E-state index in [0.717, 1.165) is 17.1 Å². The molecule has 1 fully saturated rings. The van der Waals surface area contributed by atoms with Gasteiger partial charge >= 0.3 is 0 Å². The number of hydrogen-bond donors (Lipinski definition) is 1. The van der Waals surface area contributed by atoms with Gasteiger partial charge in [-0.25, -0.2) is 4.98 Å². The first-order chi connectivity index (χ1) is 9.10. The number of rotatable bonds is 4. The second-order valence-corrected chi connectivity index (χ2v) is 5.84. The fourth-order valence-corrected chi connectivity index (χ4v) is 2.82. The van der Waals surface area contributed by atoms with E-state index in [1.807, 2.05) is 19.2 Å². The van der Waals surface area contributed by atoms with Gasteiger partial charge in [0.1, 0.15) is 6.04 Å². The number of aromatic nitrogens is 1. The van der Waals surface area contributed by atoms with Gasteiger partial charge in [-0.15, -0.1) is 11.3 Å². The van der Waals surface area contributed by atoms with Gasteiger partial charge in [-0.05, 0) is 13.3 Å². The largest absolute Gasteiger partial charge is 0.344 e. The molecule has 0 saturated carbocycles. The molecule has 2 rings (SSSR count). The first-order valence-electron chi connectivity index (χ1n) is 6.59. The highest BCUT2D eigenvalue weighted by Gasteiger charge is 2.29. The molecule has 1 aliphatic heterocycles. The Kier molecular flexibility index (Phi) is 4.52. The first kappa shape index (κ1) is 14.0. The van der Waals surface area contributed by atoms with Crippen LogP contribution in [0.25, 0.3) is 0 Å². The summed E-state index contributed by atoms with van der Waals surface area (Å²) in [5, 5.41) is 5.77. The Balaban J connectivity index is 2.09. The third-order valence-corrected chi connectivity index (χ3v) is 3.97. The number of nitrogens with zero attached hydrogens (tertiary/aromatic N) is 2. The Hall–Kier alpha value is -1.43. The predicted molar refractivity (Wildman–Crippen MR) is 73.7 cm³/mol. The van der Waals surface area contributed by atoms with Gasteiger partial charge < -0.3 is 10.2 Å². The van der Waals surface area contributed by atoms with Crippen molar-refractivity contribution in [3.8, 4) is 0 Å². The molecule has 1 aromatic heterocycles. The molecule has 2 amide bonds. The van der Waals surface area contributed by atoms with Crippen molar-refractivity contribution in [2.24, 2.45) is 0 Å². The van der Waals surface area contributed by atoms with Crippen LogP contribution >= 0.6 is 11.3 Å². The maximum atomic E-state index is 12.4. The first-order valence-corrected chi connectivity index (χ1v) is 7.47. The molecular weight excluding hydrogens is 262 g/mol. The highest BCUT2D eigenvalue weighted by molar-refractivity contribution is 7.09. The van der Waals surface area contributed by atoms with Crippen molar-refractivity contribution < 1.29 is 9.59 Å². The van der Waals surface area contributed by atoms with E-state index in [4.69, 9.17) is 0 Å². The van der Waals surface area contributed by atoms with Crippen LogP contribution in [0.1, 0.15) is 36.9 Å². The van der Waals surface area contributed by atoms with Crippen LogP contribution in [0.5, 0.6) is 0 Å². The van der Waals surface area contributed by atoms with Crippen LogP contribution in [-0.4, -0.2) is 34.3 Å². The fourth-order valence-electron chi connectivity index (χ4n) is 2.21. The Labute approximate surface area is 117 Å². The summed E-state index contributed by atoms with van der Waals surface area (Å²) in [5.41, 5.74) is 0.903. The van der Waals surface area contributed by atoms with Crippen molar-refractivity contribution in [2.45, 2.75) is 45.7 Å². The maximum absolute atomic E-state index is 12.4. The summed E-state index contributed by atoms with van der Waals surface area (Å²) < 4.78 is 0. The van der Waals surface area contributed by atoms with E-state index in [-0.39, 0.29) is 17.9 Å². The molecule has 0 spiro atoms. The number of hydrogen-bond acceptors (Lipinski definition) is 4. The number of carbonyl (C=O) groups is 2. The monoisotopic (exact) mass is 281 g/mol. The Morgan fingerprint density at radius 3 is 2.95 bits per heavy atom. The van der Waals surface area contributed by atoms with E-state index in [2.05, 4.69) is 10.3 Å². The van der Waals surface area contributed by atoms with Gasteiger partial charge in [0.05, 0.1) is 17.2 Å². The summed E-state index contributed by atoms with van der Waals surface area (Å²) >= 11 is 1.58. The molecule has 6 heteroatoms. The summed E-state index contributed by atoms with van der Waals surface area (Å²) in [4.78, 5) is 30.1. The molecular formula is C13H19N3O2S. The zero-order chi connectivity index (χ0) is 13.8. The summed E-state index contributed by atoms with van der Waals surface area (Å²) in [6.07, 6.45) is 1.94. The molecule has 1 N–H and O–H groups in total. The van der Waals surface area contributed by atoms with Crippen LogP contribution in [0.15, 0.2) is 5.38 Å². The minimum atomic E-state index is -0.375. The van der Waals surface area contributed by atoms with E-state index in [1.165, 1.54) is 0 Å². The van der Waals surface area contributed by atoms with Gasteiger partial charge in [-0.3, -0.25) is 9.59 Å². The van der Waals surface area contributed by atoms with Crippen LogP contribution in [-0.2, 0) is 16.1 Å². The lowest BCUT2D eigenvalue weighted by Gasteiger charge is -2.23. The second kappa shape index (κ2) is 6.14. The normalized spacial score (nSPS) is 20.3. The Bertz CT molecular complexity index is 472. The highest BCUT2D eigenvalue weighted by atomic mass is 32.1. The van der Waals surface area contributed by atoms with Gasteiger partial charge in [0.25, 0.3) is 0 Å². The van der Waals surface area contributed by atoms with Crippen molar-refractivity contribution in [2.75, 3.05) is 6.54 Å². The average molecular weight is 281 g/mol. The molecule has 1 atom stereocenters. The molecule has 5 nitrogen and oxygen atoms in total. The predicted octanol–water partition coefficient (Wildman–Crippen LogP) is 1.47. The van der Waals surface area contributed by atoms with E-state index < -0.39 is 0 Å². The number of thiazole rings is 1. The number of nitrogens with one attached hydrogen (secondary N) is 1. The van der Waals surface area contributed by atoms with Gasteiger partial charge in [0.2, 0.25) is 11.8 Å². The zero-order valence-electron chi connectivity index (χ0n) is 11.3. The van der Waals surface area contributed by atoms with E-state index in [1.54, 1.807) is 16.2 Å². The molecule has 0 aromatic carbocycles. The standard InChI is InChI=1S/C13H19N3O2S/c1-3-4-11-13(18)16(6-5-12(17)15-11)7-10-8-19-9(2)14-10/h8,11H,3-7H2,1-2H3,(H,15,17). The van der Waals surface area contributed by atoms with Crippen LogP contribution in [0.2, 0.25) is 0 Å². The van der Waals surface area contributed by atoms with Gasteiger partial charge in [0.15, 0.2) is 0 Å². The highest BCUT2D eigenvalue weighted by Crippen LogP contribution is 2.14. The summed E-state index contributed by atoms with van der Waals surface area (Å²) in [6.45, 7) is 4.93. The van der Waals surface area contributed by atoms with Crippen molar-refractivity contribution in [3.63, 3.8) is 0 Å².